The number of pyridine rings is 1. The average Bonchev–Trinajstić information content (AvgIpc) is 3.39. The van der Waals surface area contributed by atoms with Gasteiger partial charge in [0.2, 0.25) is 0 Å². The van der Waals surface area contributed by atoms with Gasteiger partial charge in [0.05, 0.1) is 5.76 Å². The van der Waals surface area contributed by atoms with Gasteiger partial charge >= 0.3 is 211 Å². The minimum absolute atomic E-state index is 0. The first-order valence-corrected chi connectivity index (χ1v) is 19.7. The van der Waals surface area contributed by atoms with E-state index in [1.807, 2.05) is 33.9 Å². The van der Waals surface area contributed by atoms with Gasteiger partial charge in [-0.1, -0.05) is 27.7 Å². The molecule has 0 fully saturated rings. The quantitative estimate of drug-likeness (QED) is 0.0657. The van der Waals surface area contributed by atoms with E-state index in [0.717, 1.165) is 64.1 Å². The zero-order valence-electron chi connectivity index (χ0n) is 32.7. The van der Waals surface area contributed by atoms with E-state index < -0.39 is 0 Å². The Labute approximate surface area is 322 Å². The number of benzene rings is 3. The molecule has 50 heavy (non-hydrogen) atoms. The Morgan fingerprint density at radius 1 is 0.920 bits per heavy atom. The molecule has 5 heteroatoms. The number of rotatable bonds is 10. The third-order valence-corrected chi connectivity index (χ3v) is 11.5. The summed E-state index contributed by atoms with van der Waals surface area (Å²) < 4.78 is 11.4. The summed E-state index contributed by atoms with van der Waals surface area (Å²) in [6.07, 6.45) is 7.84. The molecule has 0 spiro atoms. The summed E-state index contributed by atoms with van der Waals surface area (Å²) in [6, 6.07) is 25.9. The Kier molecular flexibility index (Phi) is 14.5. The van der Waals surface area contributed by atoms with E-state index in [-0.39, 0.29) is 68.8 Å². The van der Waals surface area contributed by atoms with Crippen LogP contribution in [0.1, 0.15) is 107 Å². The van der Waals surface area contributed by atoms with Gasteiger partial charge < -0.3 is 5.11 Å². The van der Waals surface area contributed by atoms with Gasteiger partial charge in [-0.25, -0.2) is 0 Å². The smallest absolute Gasteiger partial charge is 0 e. The molecule has 1 radical (unpaired) electrons. The van der Waals surface area contributed by atoms with E-state index in [2.05, 4.69) is 108 Å². The summed E-state index contributed by atoms with van der Waals surface area (Å²) in [5, 5.41) is 13.2. The van der Waals surface area contributed by atoms with Crippen LogP contribution in [0.3, 0.4) is 0 Å². The van der Waals surface area contributed by atoms with Crippen LogP contribution in [0.4, 0.5) is 0 Å². The zero-order valence-corrected chi connectivity index (χ0v) is 35.8. The summed E-state index contributed by atoms with van der Waals surface area (Å²) in [7, 11) is 0. The third kappa shape index (κ3) is 10.8. The number of carbonyl (C=O) groups excluding carboxylic acids is 1. The number of hydrogen-bond donors (Lipinski definition) is 1. The van der Waals surface area contributed by atoms with Gasteiger partial charge in [0, 0.05) is 38.0 Å². The molecule has 0 saturated heterocycles. The molecule has 5 rings (SSSR count). The van der Waals surface area contributed by atoms with Gasteiger partial charge in [-0.3, -0.25) is 4.79 Å². The first-order chi connectivity index (χ1) is 23.6. The SMILES string of the molecule is CCC(CC)C(=O)/C=C(\O)C(CC)CC.[2H]c1c(-c2ccnc(-c3[c-]c4ccccc4c(C(C)(C)C)c3)c2)[se]c2cc(CC(C)(C)C)ccc12.[Ir]. The summed E-state index contributed by atoms with van der Waals surface area (Å²) in [5.74, 6) is 0.547. The Hall–Kier alpha value is -2.81. The van der Waals surface area contributed by atoms with Crippen molar-refractivity contribution in [2.24, 2.45) is 17.3 Å². The number of fused-ring (bicyclic) bond motifs is 2. The number of allylic oxidation sites excluding steroid dienone is 2. The second-order valence-electron chi connectivity index (χ2n) is 15.4. The molecule has 2 heterocycles. The molecule has 2 aromatic heterocycles. The number of aliphatic hydroxyl groups excluding tert-OH is 1. The van der Waals surface area contributed by atoms with Crippen LogP contribution in [0.5, 0.6) is 0 Å². The average molecular weight is 915 g/mol. The number of aromatic nitrogens is 1. The molecule has 0 aliphatic rings. The van der Waals surface area contributed by atoms with Crippen molar-refractivity contribution in [3.05, 3.63) is 102 Å². The van der Waals surface area contributed by atoms with Gasteiger partial charge in [0.25, 0.3) is 0 Å². The molecule has 3 nitrogen and oxygen atoms in total. The van der Waals surface area contributed by atoms with E-state index in [4.69, 9.17) is 6.35 Å². The number of nitrogens with zero attached hydrogens (tertiary/aromatic N) is 1. The van der Waals surface area contributed by atoms with Crippen LogP contribution in [0.2, 0.25) is 0 Å². The van der Waals surface area contributed by atoms with Crippen molar-refractivity contribution in [3.63, 3.8) is 0 Å². The largest absolute Gasteiger partial charge is 0 e. The summed E-state index contributed by atoms with van der Waals surface area (Å²) in [4.78, 5) is 16.4. The maximum Gasteiger partial charge on any atom is 0 e. The van der Waals surface area contributed by atoms with Crippen molar-refractivity contribution in [1.29, 1.82) is 0 Å². The molecule has 0 bridgehead atoms. The van der Waals surface area contributed by atoms with E-state index in [1.165, 1.54) is 26.8 Å². The summed E-state index contributed by atoms with van der Waals surface area (Å²) in [5.41, 5.74) is 5.97. The molecule has 0 aliphatic heterocycles. The van der Waals surface area contributed by atoms with Crippen LogP contribution in [0.15, 0.2) is 84.7 Å². The summed E-state index contributed by atoms with van der Waals surface area (Å²) in [6.45, 7) is 21.7. The molecule has 0 atom stereocenters. The van der Waals surface area contributed by atoms with Crippen molar-refractivity contribution >= 4 is 40.7 Å². The van der Waals surface area contributed by atoms with Crippen LogP contribution < -0.4 is 0 Å². The predicted molar refractivity (Wildman–Crippen MR) is 212 cm³/mol. The molecule has 3 aromatic carbocycles. The second-order valence-corrected chi connectivity index (χ2v) is 17.7. The monoisotopic (exact) mass is 916 g/mol. The van der Waals surface area contributed by atoms with Gasteiger partial charge in [-0.05, 0) is 25.7 Å². The second kappa shape index (κ2) is 18.1. The topological polar surface area (TPSA) is 50.2 Å². The van der Waals surface area contributed by atoms with Gasteiger partial charge in [0.15, 0.2) is 5.78 Å². The van der Waals surface area contributed by atoms with Crippen molar-refractivity contribution in [2.75, 3.05) is 0 Å². The van der Waals surface area contributed by atoms with Crippen LogP contribution in [-0.2, 0) is 36.7 Å². The fraction of sp³-hybridized carbons (Fsp3) is 0.422. The molecule has 5 aromatic rings. The number of aliphatic hydroxyl groups is 1. The Bertz CT molecular complexity index is 1960. The van der Waals surface area contributed by atoms with Crippen molar-refractivity contribution in [3.8, 4) is 21.3 Å². The van der Waals surface area contributed by atoms with Crippen LogP contribution in [0, 0.1) is 23.3 Å². The van der Waals surface area contributed by atoms with Crippen LogP contribution >= 0.6 is 0 Å². The molecule has 269 valence electrons. The fourth-order valence-electron chi connectivity index (χ4n) is 6.35. The Balaban J connectivity index is 0.000000374. The molecular formula is C45H56IrNO2Se-. The Morgan fingerprint density at radius 2 is 1.58 bits per heavy atom. The number of ketones is 1. The van der Waals surface area contributed by atoms with E-state index >= 15 is 0 Å². The third-order valence-electron chi connectivity index (χ3n) is 9.20. The van der Waals surface area contributed by atoms with Crippen LogP contribution in [0.25, 0.3) is 41.7 Å². The van der Waals surface area contributed by atoms with Crippen molar-refractivity contribution < 1.29 is 31.4 Å². The predicted octanol–water partition coefficient (Wildman–Crippen LogP) is 12.3. The van der Waals surface area contributed by atoms with E-state index in [0.29, 0.717) is 6.04 Å². The molecule has 0 saturated carbocycles. The van der Waals surface area contributed by atoms with Gasteiger partial charge in [-0.15, -0.1) is 0 Å². The minimum atomic E-state index is 0. The minimum Gasteiger partial charge on any atom is 0 e. The fourth-order valence-corrected chi connectivity index (χ4v) is 8.59. The standard InChI is InChI=1S/C32H32NSe.C13H24O2.Ir/c1-31(2,3)20-21-11-12-23-19-30(34-29(23)15-21)24-13-14-33-28(18-24)25-16-22-9-7-8-10-26(22)27(17-25)32(4,5)6;1-5-10(6-2)12(14)9-13(15)11(7-3)8-4;/h7-15,17-19H,20H2,1-6H3;9-11,14H,5-8H2,1-4H3;/q-1;;/b;12-9-;/i19D;;. The summed E-state index contributed by atoms with van der Waals surface area (Å²) >= 11 is 0.114. The Morgan fingerprint density at radius 3 is 2.20 bits per heavy atom. The maximum absolute atomic E-state index is 11.7. The van der Waals surface area contributed by atoms with Crippen molar-refractivity contribution in [2.45, 2.75) is 107 Å². The first-order valence-electron chi connectivity index (χ1n) is 18.5. The number of hydrogen-bond acceptors (Lipinski definition) is 3. The molecular weight excluding hydrogens is 858 g/mol. The zero-order chi connectivity index (χ0) is 36.8. The maximum atomic E-state index is 11.7. The van der Waals surface area contributed by atoms with Gasteiger partial charge in [0.1, 0.15) is 0 Å². The van der Waals surface area contributed by atoms with E-state index in [9.17, 15) is 9.90 Å². The molecule has 0 unspecified atom stereocenters. The van der Waals surface area contributed by atoms with Crippen LogP contribution in [-0.4, -0.2) is 30.4 Å². The van der Waals surface area contributed by atoms with Crippen molar-refractivity contribution in [1.82, 2.24) is 4.98 Å². The molecule has 1 N–H and O–H groups in total. The normalized spacial score (nSPS) is 12.6. The molecule has 0 aliphatic carbocycles. The molecule has 0 amide bonds. The number of carbonyl (C=O) groups is 1. The van der Waals surface area contributed by atoms with E-state index in [1.54, 1.807) is 0 Å². The van der Waals surface area contributed by atoms with Gasteiger partial charge in [-0.2, -0.15) is 0 Å². The first kappa shape index (κ1) is 40.0.